The smallest absolute Gasteiger partial charge is 0.227 e. The van der Waals surface area contributed by atoms with Crippen LogP contribution in [-0.2, 0) is 0 Å². The molecule has 1 unspecified atom stereocenters. The van der Waals surface area contributed by atoms with E-state index in [1.807, 2.05) is 6.07 Å². The summed E-state index contributed by atoms with van der Waals surface area (Å²) in [6, 6.07) is 1.96. The second-order valence-corrected chi connectivity index (χ2v) is 5.51. The zero-order valence-corrected chi connectivity index (χ0v) is 12.0. The fourth-order valence-corrected chi connectivity index (χ4v) is 2.52. The Bertz CT molecular complexity index is 589. The molecule has 0 bridgehead atoms. The van der Waals surface area contributed by atoms with Crippen LogP contribution in [0.4, 0.5) is 5.95 Å². The van der Waals surface area contributed by atoms with Gasteiger partial charge in [-0.3, -0.25) is 0 Å². The minimum Gasteiger partial charge on any atom is -0.338 e. The van der Waals surface area contributed by atoms with Crippen molar-refractivity contribution in [3.05, 3.63) is 22.9 Å². The van der Waals surface area contributed by atoms with E-state index in [4.69, 9.17) is 5.73 Å². The molecule has 6 nitrogen and oxygen atoms in total. The van der Waals surface area contributed by atoms with E-state index in [0.717, 1.165) is 29.4 Å². The maximum atomic E-state index is 5.96. The van der Waals surface area contributed by atoms with Gasteiger partial charge in [-0.2, -0.15) is 4.98 Å². The summed E-state index contributed by atoms with van der Waals surface area (Å²) in [5.41, 5.74) is 6.67. The highest BCUT2D eigenvalue weighted by Gasteiger charge is 2.17. The van der Waals surface area contributed by atoms with Gasteiger partial charge in [0, 0.05) is 35.3 Å². The van der Waals surface area contributed by atoms with E-state index in [2.05, 4.69) is 41.1 Å². The zero-order chi connectivity index (χ0) is 13.2. The van der Waals surface area contributed by atoms with Crippen molar-refractivity contribution in [1.29, 1.82) is 0 Å². The highest BCUT2D eigenvalue weighted by atomic mass is 79.9. The highest BCUT2D eigenvalue weighted by Crippen LogP contribution is 2.18. The van der Waals surface area contributed by atoms with Crippen LogP contribution in [0, 0.1) is 0 Å². The van der Waals surface area contributed by atoms with Crippen LogP contribution in [0.15, 0.2) is 22.9 Å². The number of rotatable bonds is 1. The molecule has 2 aromatic heterocycles. The average molecular weight is 323 g/mol. The Labute approximate surface area is 119 Å². The second-order valence-electron chi connectivity index (χ2n) is 4.60. The normalized spacial score (nSPS) is 20.5. The number of halogens is 1. The molecule has 0 radical (unpaired) electrons. The lowest BCUT2D eigenvalue weighted by Crippen LogP contribution is -2.44. The van der Waals surface area contributed by atoms with Crippen molar-refractivity contribution in [1.82, 2.24) is 20.3 Å². The van der Waals surface area contributed by atoms with Gasteiger partial charge in [-0.1, -0.05) is 0 Å². The Morgan fingerprint density at radius 3 is 3.16 bits per heavy atom. The van der Waals surface area contributed by atoms with E-state index >= 15 is 0 Å². The van der Waals surface area contributed by atoms with Crippen LogP contribution in [0.5, 0.6) is 0 Å². The van der Waals surface area contributed by atoms with Crippen LogP contribution in [0.1, 0.15) is 6.42 Å². The summed E-state index contributed by atoms with van der Waals surface area (Å²) < 4.78 is 0.928. The average Bonchev–Trinajstić information content (AvgIpc) is 2.63. The van der Waals surface area contributed by atoms with Gasteiger partial charge in [0.2, 0.25) is 5.95 Å². The summed E-state index contributed by atoms with van der Waals surface area (Å²) in [7, 11) is 0. The molecule has 3 N–H and O–H groups in total. The predicted molar refractivity (Wildman–Crippen MR) is 77.8 cm³/mol. The van der Waals surface area contributed by atoms with Crippen LogP contribution in [0.25, 0.3) is 11.0 Å². The van der Waals surface area contributed by atoms with Gasteiger partial charge in [0.1, 0.15) is 0 Å². The number of nitrogens with two attached hydrogens (primary N) is 1. The summed E-state index contributed by atoms with van der Waals surface area (Å²) >= 11 is 3.39. The van der Waals surface area contributed by atoms with E-state index in [0.29, 0.717) is 18.1 Å². The number of pyridine rings is 1. The fraction of sp³-hybridized carbons (Fsp3) is 0.417. The van der Waals surface area contributed by atoms with Crippen molar-refractivity contribution >= 4 is 32.9 Å². The highest BCUT2D eigenvalue weighted by molar-refractivity contribution is 9.10. The largest absolute Gasteiger partial charge is 0.338 e. The molecule has 7 heteroatoms. The summed E-state index contributed by atoms with van der Waals surface area (Å²) in [4.78, 5) is 15.3. The molecule has 3 heterocycles. The lowest BCUT2D eigenvalue weighted by molar-refractivity contribution is 0.560. The van der Waals surface area contributed by atoms with Crippen LogP contribution >= 0.6 is 15.9 Å². The molecule has 1 atom stereocenters. The molecule has 1 saturated heterocycles. The first-order valence-electron chi connectivity index (χ1n) is 6.24. The van der Waals surface area contributed by atoms with E-state index in [1.54, 1.807) is 12.4 Å². The third kappa shape index (κ3) is 2.83. The third-order valence-electron chi connectivity index (χ3n) is 3.10. The Morgan fingerprint density at radius 2 is 2.26 bits per heavy atom. The summed E-state index contributed by atoms with van der Waals surface area (Å²) in [5.74, 6) is 0.696. The number of hydrogen-bond donors (Lipinski definition) is 2. The molecule has 1 aliphatic rings. The standard InChI is InChI=1S/C12H15BrN6/c13-9-4-8-5-17-12(18-11(8)16-6-9)19-3-1-2-15-10(14)7-19/h4-6,10,15H,1-3,7,14H2. The summed E-state index contributed by atoms with van der Waals surface area (Å²) in [6.07, 6.45) is 4.54. The maximum absolute atomic E-state index is 5.96. The molecule has 0 aliphatic carbocycles. The Hall–Kier alpha value is -1.31. The predicted octanol–water partition coefficient (Wildman–Crippen LogP) is 0.872. The molecule has 0 spiro atoms. The van der Waals surface area contributed by atoms with Gasteiger partial charge >= 0.3 is 0 Å². The number of anilines is 1. The zero-order valence-electron chi connectivity index (χ0n) is 10.4. The minimum atomic E-state index is -0.0420. The second kappa shape index (κ2) is 5.36. The Balaban J connectivity index is 1.93. The topological polar surface area (TPSA) is 80.0 Å². The molecule has 3 rings (SSSR count). The first-order valence-corrected chi connectivity index (χ1v) is 7.04. The molecule has 100 valence electrons. The number of nitrogens with one attached hydrogen (secondary N) is 1. The fourth-order valence-electron chi connectivity index (χ4n) is 2.17. The van der Waals surface area contributed by atoms with Gasteiger partial charge in [-0.25, -0.2) is 9.97 Å². The van der Waals surface area contributed by atoms with E-state index in [1.165, 1.54) is 0 Å². The summed E-state index contributed by atoms with van der Waals surface area (Å²) in [6.45, 7) is 2.54. The van der Waals surface area contributed by atoms with Gasteiger partial charge in [0.05, 0.1) is 6.17 Å². The molecule has 19 heavy (non-hydrogen) atoms. The van der Waals surface area contributed by atoms with Crippen LogP contribution in [0.2, 0.25) is 0 Å². The van der Waals surface area contributed by atoms with E-state index in [9.17, 15) is 0 Å². The Kier molecular flexibility index (Phi) is 3.58. The monoisotopic (exact) mass is 322 g/mol. The van der Waals surface area contributed by atoms with Crippen molar-refractivity contribution in [2.24, 2.45) is 5.73 Å². The van der Waals surface area contributed by atoms with Crippen LogP contribution in [0.3, 0.4) is 0 Å². The first-order chi connectivity index (χ1) is 9.22. The lowest BCUT2D eigenvalue weighted by Gasteiger charge is -2.22. The van der Waals surface area contributed by atoms with Crippen molar-refractivity contribution < 1.29 is 0 Å². The molecule has 2 aromatic rings. The molecule has 0 aromatic carbocycles. The number of aromatic nitrogens is 3. The van der Waals surface area contributed by atoms with E-state index in [-0.39, 0.29) is 6.17 Å². The third-order valence-corrected chi connectivity index (χ3v) is 3.53. The Morgan fingerprint density at radius 1 is 1.37 bits per heavy atom. The van der Waals surface area contributed by atoms with Gasteiger partial charge in [0.25, 0.3) is 0 Å². The maximum Gasteiger partial charge on any atom is 0.227 e. The van der Waals surface area contributed by atoms with Gasteiger partial charge < -0.3 is 16.0 Å². The number of fused-ring (bicyclic) bond motifs is 1. The molecule has 1 aliphatic heterocycles. The lowest BCUT2D eigenvalue weighted by atomic mass is 10.3. The van der Waals surface area contributed by atoms with Gasteiger partial charge in [-0.15, -0.1) is 0 Å². The molecule has 0 saturated carbocycles. The van der Waals surface area contributed by atoms with Gasteiger partial charge in [0.15, 0.2) is 5.65 Å². The van der Waals surface area contributed by atoms with Crippen molar-refractivity contribution in [2.75, 3.05) is 24.5 Å². The molecular formula is C12H15BrN6. The van der Waals surface area contributed by atoms with Crippen molar-refractivity contribution in [3.63, 3.8) is 0 Å². The molecule has 1 fully saturated rings. The number of nitrogens with zero attached hydrogens (tertiary/aromatic N) is 4. The van der Waals surface area contributed by atoms with Crippen LogP contribution < -0.4 is 16.0 Å². The van der Waals surface area contributed by atoms with Crippen LogP contribution in [-0.4, -0.2) is 40.8 Å². The quantitative estimate of drug-likeness (QED) is 0.811. The first kappa shape index (κ1) is 12.7. The minimum absolute atomic E-state index is 0.0420. The molecular weight excluding hydrogens is 308 g/mol. The SMILES string of the molecule is NC1CN(c2ncc3cc(Br)cnc3n2)CCCN1. The summed E-state index contributed by atoms with van der Waals surface area (Å²) in [5, 5.41) is 4.17. The van der Waals surface area contributed by atoms with Crippen molar-refractivity contribution in [2.45, 2.75) is 12.6 Å². The van der Waals surface area contributed by atoms with Crippen molar-refractivity contribution in [3.8, 4) is 0 Å². The van der Waals surface area contributed by atoms with Gasteiger partial charge in [-0.05, 0) is 35.0 Å². The number of hydrogen-bond acceptors (Lipinski definition) is 6. The van der Waals surface area contributed by atoms with E-state index < -0.39 is 0 Å². The molecule has 0 amide bonds.